The van der Waals surface area contributed by atoms with Gasteiger partial charge in [0, 0.05) is 5.56 Å². The van der Waals surface area contributed by atoms with Gasteiger partial charge in [0.2, 0.25) is 0 Å². The normalized spacial score (nSPS) is 12.7. The second kappa shape index (κ2) is 6.39. The van der Waals surface area contributed by atoms with Crippen LogP contribution in [0.25, 0.3) is 5.76 Å². The predicted molar refractivity (Wildman–Crippen MR) is 87.4 cm³/mol. The van der Waals surface area contributed by atoms with Crippen LogP contribution in [-0.4, -0.2) is 13.7 Å². The first-order valence-corrected chi connectivity index (χ1v) is 7.20. The van der Waals surface area contributed by atoms with Crippen LogP contribution in [0.1, 0.15) is 11.1 Å². The third-order valence-electron chi connectivity index (χ3n) is 3.50. The molecule has 2 aromatic carbocycles. The number of para-hydroxylation sites is 1. The van der Waals surface area contributed by atoms with Gasteiger partial charge in [-0.05, 0) is 42.3 Å². The van der Waals surface area contributed by atoms with E-state index in [2.05, 4.69) is 18.7 Å². The number of allylic oxidation sites excluding steroid dienone is 1. The van der Waals surface area contributed by atoms with Gasteiger partial charge in [-0.2, -0.15) is 0 Å². The van der Waals surface area contributed by atoms with E-state index in [1.807, 2.05) is 36.4 Å². The van der Waals surface area contributed by atoms with Gasteiger partial charge < -0.3 is 14.2 Å². The van der Waals surface area contributed by atoms with Gasteiger partial charge in [0.05, 0.1) is 7.11 Å². The van der Waals surface area contributed by atoms with Gasteiger partial charge in [-0.1, -0.05) is 30.9 Å². The highest BCUT2D eigenvalue weighted by atomic mass is 16.5. The van der Waals surface area contributed by atoms with Crippen molar-refractivity contribution in [3.63, 3.8) is 0 Å². The summed E-state index contributed by atoms with van der Waals surface area (Å²) in [6, 6.07) is 13.9. The molecule has 1 aliphatic heterocycles. The second-order valence-corrected chi connectivity index (χ2v) is 4.95. The molecule has 0 radical (unpaired) electrons. The van der Waals surface area contributed by atoms with Crippen molar-refractivity contribution in [2.75, 3.05) is 13.7 Å². The fraction of sp³-hybridized carbons (Fsp3) is 0.158. The fourth-order valence-electron chi connectivity index (χ4n) is 2.40. The molecule has 1 heterocycles. The third kappa shape index (κ3) is 2.84. The van der Waals surface area contributed by atoms with Crippen molar-refractivity contribution < 1.29 is 14.2 Å². The van der Waals surface area contributed by atoms with Crippen molar-refractivity contribution in [2.24, 2.45) is 0 Å². The molecule has 112 valence electrons. The molecule has 0 spiro atoms. The Kier molecular flexibility index (Phi) is 4.15. The molecule has 0 aromatic heterocycles. The molecule has 3 nitrogen and oxygen atoms in total. The van der Waals surface area contributed by atoms with Crippen molar-refractivity contribution in [2.45, 2.75) is 6.42 Å². The van der Waals surface area contributed by atoms with Crippen molar-refractivity contribution in [3.8, 4) is 17.2 Å². The Morgan fingerprint density at radius 1 is 1.18 bits per heavy atom. The molecule has 0 fully saturated rings. The number of fused-ring (bicyclic) bond motifs is 1. The van der Waals surface area contributed by atoms with Gasteiger partial charge in [0.25, 0.3) is 0 Å². The van der Waals surface area contributed by atoms with Gasteiger partial charge >= 0.3 is 0 Å². The number of methoxy groups -OCH3 is 1. The molecule has 0 saturated heterocycles. The summed E-state index contributed by atoms with van der Waals surface area (Å²) in [5.41, 5.74) is 2.16. The lowest BCUT2D eigenvalue weighted by molar-refractivity contribution is 0.326. The van der Waals surface area contributed by atoms with Crippen LogP contribution >= 0.6 is 0 Å². The highest BCUT2D eigenvalue weighted by Crippen LogP contribution is 2.34. The van der Waals surface area contributed by atoms with Crippen molar-refractivity contribution in [3.05, 3.63) is 72.3 Å². The molecule has 0 bridgehead atoms. The van der Waals surface area contributed by atoms with E-state index in [0.717, 1.165) is 23.5 Å². The molecule has 2 aromatic rings. The molecular formula is C19H18O3. The summed E-state index contributed by atoms with van der Waals surface area (Å²) in [7, 11) is 1.63. The largest absolute Gasteiger partial charge is 0.493 e. The van der Waals surface area contributed by atoms with Gasteiger partial charge in [-0.3, -0.25) is 0 Å². The number of ether oxygens (including phenoxy) is 3. The number of hydrogen-bond donors (Lipinski definition) is 0. The standard InChI is InChI=1S/C19H18O3/c1-3-12-21-19-13-15(9-11-18(19)20-2)17-10-8-14-6-4-5-7-16(14)22-17/h3-7,9-11,13H,1,8,12H2,2H3. The van der Waals surface area contributed by atoms with Gasteiger partial charge in [0.1, 0.15) is 18.1 Å². The van der Waals surface area contributed by atoms with Gasteiger partial charge in [0.15, 0.2) is 11.5 Å². The topological polar surface area (TPSA) is 27.7 Å². The monoisotopic (exact) mass is 294 g/mol. The first-order chi connectivity index (χ1) is 10.8. The molecule has 1 aliphatic rings. The maximum Gasteiger partial charge on any atom is 0.162 e. The molecular weight excluding hydrogens is 276 g/mol. The van der Waals surface area contributed by atoms with Crippen LogP contribution in [0.5, 0.6) is 17.2 Å². The van der Waals surface area contributed by atoms with Crippen molar-refractivity contribution in [1.82, 2.24) is 0 Å². The van der Waals surface area contributed by atoms with Crippen LogP contribution < -0.4 is 14.2 Å². The zero-order valence-electron chi connectivity index (χ0n) is 12.5. The van der Waals surface area contributed by atoms with Crippen LogP contribution in [0.15, 0.2) is 61.2 Å². The number of hydrogen-bond acceptors (Lipinski definition) is 3. The van der Waals surface area contributed by atoms with Gasteiger partial charge in [-0.25, -0.2) is 0 Å². The maximum absolute atomic E-state index is 6.00. The van der Waals surface area contributed by atoms with E-state index in [4.69, 9.17) is 14.2 Å². The summed E-state index contributed by atoms with van der Waals surface area (Å²) in [5.74, 6) is 3.12. The SMILES string of the molecule is C=CCOc1cc(C2=CCc3ccccc3O2)ccc1OC. The van der Waals surface area contributed by atoms with Crippen molar-refractivity contribution >= 4 is 5.76 Å². The van der Waals surface area contributed by atoms with Crippen LogP contribution in [0.4, 0.5) is 0 Å². The average Bonchev–Trinajstić information content (AvgIpc) is 2.59. The first kappa shape index (κ1) is 14.3. The van der Waals surface area contributed by atoms with E-state index in [9.17, 15) is 0 Å². The molecule has 0 amide bonds. The van der Waals surface area contributed by atoms with E-state index in [0.29, 0.717) is 18.1 Å². The maximum atomic E-state index is 6.00. The highest BCUT2D eigenvalue weighted by molar-refractivity contribution is 5.67. The smallest absolute Gasteiger partial charge is 0.162 e. The Bertz CT molecular complexity index is 716. The number of rotatable bonds is 5. The fourth-order valence-corrected chi connectivity index (χ4v) is 2.40. The van der Waals surface area contributed by atoms with E-state index >= 15 is 0 Å². The Morgan fingerprint density at radius 3 is 2.86 bits per heavy atom. The van der Waals surface area contributed by atoms with Crippen LogP contribution in [-0.2, 0) is 6.42 Å². The molecule has 0 unspecified atom stereocenters. The Morgan fingerprint density at radius 2 is 2.05 bits per heavy atom. The summed E-state index contributed by atoms with van der Waals surface area (Å²) in [4.78, 5) is 0. The summed E-state index contributed by atoms with van der Waals surface area (Å²) in [6.45, 7) is 4.10. The summed E-state index contributed by atoms with van der Waals surface area (Å²) in [5, 5.41) is 0. The molecule has 22 heavy (non-hydrogen) atoms. The van der Waals surface area contributed by atoms with E-state index in [1.54, 1.807) is 13.2 Å². The summed E-state index contributed by atoms with van der Waals surface area (Å²) >= 11 is 0. The molecule has 3 heteroatoms. The minimum Gasteiger partial charge on any atom is -0.493 e. The zero-order chi connectivity index (χ0) is 15.4. The Hall–Kier alpha value is -2.68. The van der Waals surface area contributed by atoms with Gasteiger partial charge in [-0.15, -0.1) is 0 Å². The molecule has 3 rings (SSSR count). The highest BCUT2D eigenvalue weighted by Gasteiger charge is 2.15. The minimum absolute atomic E-state index is 0.433. The second-order valence-electron chi connectivity index (χ2n) is 4.95. The lowest BCUT2D eigenvalue weighted by atomic mass is 10.0. The summed E-state index contributed by atoms with van der Waals surface area (Å²) < 4.78 is 17.0. The third-order valence-corrected chi connectivity index (χ3v) is 3.50. The first-order valence-electron chi connectivity index (χ1n) is 7.20. The quantitative estimate of drug-likeness (QED) is 0.772. The molecule has 0 saturated carbocycles. The summed E-state index contributed by atoms with van der Waals surface area (Å²) in [6.07, 6.45) is 4.65. The zero-order valence-corrected chi connectivity index (χ0v) is 12.5. The Balaban J connectivity index is 1.89. The molecule has 0 atom stereocenters. The lowest BCUT2D eigenvalue weighted by Gasteiger charge is -2.19. The Labute approximate surface area is 130 Å². The predicted octanol–water partition coefficient (Wildman–Crippen LogP) is 4.24. The minimum atomic E-state index is 0.433. The van der Waals surface area contributed by atoms with E-state index in [1.165, 1.54) is 5.56 Å². The van der Waals surface area contributed by atoms with Crippen molar-refractivity contribution in [1.29, 1.82) is 0 Å². The van der Waals surface area contributed by atoms with Crippen LogP contribution in [0.3, 0.4) is 0 Å². The number of benzene rings is 2. The molecule has 0 N–H and O–H groups in total. The van der Waals surface area contributed by atoms with Crippen LogP contribution in [0.2, 0.25) is 0 Å². The average molecular weight is 294 g/mol. The van der Waals surface area contributed by atoms with E-state index in [-0.39, 0.29) is 0 Å². The van der Waals surface area contributed by atoms with Crippen LogP contribution in [0, 0.1) is 0 Å². The molecule has 0 aliphatic carbocycles. The lowest BCUT2D eigenvalue weighted by Crippen LogP contribution is -2.04. The van der Waals surface area contributed by atoms with E-state index < -0.39 is 0 Å².